The third kappa shape index (κ3) is 3.94. The van der Waals surface area contributed by atoms with Crippen molar-refractivity contribution in [2.75, 3.05) is 5.33 Å². The van der Waals surface area contributed by atoms with Gasteiger partial charge in [-0.1, -0.05) is 64.2 Å². The first-order valence-electron chi connectivity index (χ1n) is 5.70. The van der Waals surface area contributed by atoms with Crippen LogP contribution >= 0.6 is 15.9 Å². The average Bonchev–Trinajstić information content (AvgIpc) is 2.44. The van der Waals surface area contributed by atoms with Gasteiger partial charge < -0.3 is 4.74 Å². The van der Waals surface area contributed by atoms with Crippen molar-refractivity contribution in [3.63, 3.8) is 0 Å². The molecular weight excluding hydrogens is 288 g/mol. The van der Waals surface area contributed by atoms with Crippen LogP contribution in [0.1, 0.15) is 11.1 Å². The van der Waals surface area contributed by atoms with Crippen molar-refractivity contribution < 1.29 is 4.74 Å². The van der Waals surface area contributed by atoms with Gasteiger partial charge in [-0.3, -0.25) is 0 Å². The fourth-order valence-corrected chi connectivity index (χ4v) is 1.68. The quantitative estimate of drug-likeness (QED) is 0.615. The van der Waals surface area contributed by atoms with E-state index in [1.807, 2.05) is 42.5 Å². The molecule has 0 aromatic heterocycles. The Balaban J connectivity index is 2.01. The summed E-state index contributed by atoms with van der Waals surface area (Å²) in [6.07, 6.45) is 0. The van der Waals surface area contributed by atoms with E-state index in [2.05, 4.69) is 39.9 Å². The molecule has 2 rings (SSSR count). The summed E-state index contributed by atoms with van der Waals surface area (Å²) in [6.45, 7) is 0.580. The van der Waals surface area contributed by atoms with Crippen LogP contribution in [0.25, 0.3) is 0 Å². The molecule has 0 spiro atoms. The zero-order chi connectivity index (χ0) is 12.6. The summed E-state index contributed by atoms with van der Waals surface area (Å²) >= 11 is 3.28. The molecule has 0 bridgehead atoms. The van der Waals surface area contributed by atoms with Gasteiger partial charge >= 0.3 is 0 Å². The number of alkyl halides is 1. The number of hydrogen-bond acceptors (Lipinski definition) is 1. The van der Waals surface area contributed by atoms with Crippen LogP contribution in [0.5, 0.6) is 5.75 Å². The van der Waals surface area contributed by atoms with Crippen molar-refractivity contribution in [1.82, 2.24) is 0 Å². The van der Waals surface area contributed by atoms with Crippen LogP contribution in [0, 0.1) is 11.8 Å². The smallest absolute Gasteiger partial charge is 0.121 e. The Kier molecular flexibility index (Phi) is 4.87. The Bertz CT molecular complexity index is 552. The minimum absolute atomic E-state index is 0.580. The van der Waals surface area contributed by atoms with Crippen molar-refractivity contribution in [2.45, 2.75) is 6.61 Å². The summed E-state index contributed by atoms with van der Waals surface area (Å²) in [4.78, 5) is 0. The van der Waals surface area contributed by atoms with Gasteiger partial charge in [-0.25, -0.2) is 0 Å². The van der Waals surface area contributed by atoms with E-state index in [4.69, 9.17) is 4.74 Å². The Hall–Kier alpha value is -1.72. The van der Waals surface area contributed by atoms with Gasteiger partial charge in [0, 0.05) is 5.56 Å². The van der Waals surface area contributed by atoms with Crippen molar-refractivity contribution in [3.05, 3.63) is 65.7 Å². The number of halogens is 1. The van der Waals surface area contributed by atoms with Crippen LogP contribution in [0.4, 0.5) is 0 Å². The highest BCUT2D eigenvalue weighted by atomic mass is 79.9. The highest BCUT2D eigenvalue weighted by Gasteiger charge is 1.96. The maximum Gasteiger partial charge on any atom is 0.121 e. The molecule has 0 N–H and O–H groups in total. The maximum absolute atomic E-state index is 5.73. The molecule has 0 fully saturated rings. The van der Waals surface area contributed by atoms with Crippen molar-refractivity contribution >= 4 is 15.9 Å². The first kappa shape index (κ1) is 12.7. The predicted molar refractivity (Wildman–Crippen MR) is 77.9 cm³/mol. The van der Waals surface area contributed by atoms with Gasteiger partial charge in [0.2, 0.25) is 0 Å². The maximum atomic E-state index is 5.73. The van der Waals surface area contributed by atoms with E-state index < -0.39 is 0 Å². The summed E-state index contributed by atoms with van der Waals surface area (Å²) < 4.78 is 5.73. The molecule has 0 unspecified atom stereocenters. The minimum Gasteiger partial charge on any atom is -0.489 e. The molecule has 0 aliphatic heterocycles. The molecule has 2 heteroatoms. The van der Waals surface area contributed by atoms with E-state index in [0.29, 0.717) is 11.9 Å². The second-order valence-corrected chi connectivity index (χ2v) is 4.30. The molecule has 90 valence electrons. The van der Waals surface area contributed by atoms with Crippen molar-refractivity contribution in [3.8, 4) is 17.6 Å². The predicted octanol–water partition coefficient (Wildman–Crippen LogP) is 4.01. The van der Waals surface area contributed by atoms with Crippen molar-refractivity contribution in [2.24, 2.45) is 0 Å². The first-order valence-corrected chi connectivity index (χ1v) is 6.82. The molecular formula is C16H13BrO. The lowest BCUT2D eigenvalue weighted by Gasteiger charge is -2.06. The summed E-state index contributed by atoms with van der Waals surface area (Å²) in [6, 6.07) is 18.0. The van der Waals surface area contributed by atoms with E-state index in [0.717, 1.165) is 16.9 Å². The molecule has 0 aliphatic rings. The lowest BCUT2D eigenvalue weighted by atomic mass is 10.2. The zero-order valence-corrected chi connectivity index (χ0v) is 11.5. The summed E-state index contributed by atoms with van der Waals surface area (Å²) in [5, 5.41) is 0.683. The number of hydrogen-bond donors (Lipinski definition) is 0. The van der Waals surface area contributed by atoms with E-state index in [1.165, 1.54) is 0 Å². The Morgan fingerprint density at radius 1 is 1.00 bits per heavy atom. The van der Waals surface area contributed by atoms with Crippen LogP contribution < -0.4 is 4.74 Å². The van der Waals surface area contributed by atoms with Gasteiger partial charge in [0.05, 0.1) is 5.33 Å². The molecule has 0 radical (unpaired) electrons. The first-order chi connectivity index (χ1) is 8.88. The molecule has 0 heterocycles. The summed E-state index contributed by atoms with van der Waals surface area (Å²) in [5.41, 5.74) is 2.13. The third-order valence-corrected chi connectivity index (χ3v) is 2.66. The van der Waals surface area contributed by atoms with Crippen LogP contribution in [0.2, 0.25) is 0 Å². The molecule has 0 atom stereocenters. The highest BCUT2D eigenvalue weighted by Crippen LogP contribution is 2.14. The summed E-state index contributed by atoms with van der Waals surface area (Å²) in [7, 11) is 0. The molecule has 1 nitrogen and oxygen atoms in total. The second-order valence-electron chi connectivity index (χ2n) is 3.74. The molecule has 0 saturated heterocycles. The Labute approximate surface area is 116 Å². The summed E-state index contributed by atoms with van der Waals surface area (Å²) in [5.74, 6) is 6.88. The molecule has 0 amide bonds. The SMILES string of the molecule is BrCC#Cc1cccc(OCc2ccccc2)c1. The fourth-order valence-electron chi connectivity index (χ4n) is 1.54. The zero-order valence-electron chi connectivity index (χ0n) is 9.90. The Morgan fingerprint density at radius 2 is 1.83 bits per heavy atom. The minimum atomic E-state index is 0.580. The lowest BCUT2D eigenvalue weighted by molar-refractivity contribution is 0.306. The van der Waals surface area contributed by atoms with Gasteiger partial charge in [-0.05, 0) is 23.8 Å². The van der Waals surface area contributed by atoms with Gasteiger partial charge in [0.15, 0.2) is 0 Å². The second kappa shape index (κ2) is 6.88. The normalized spacial score (nSPS) is 9.39. The highest BCUT2D eigenvalue weighted by molar-refractivity contribution is 9.09. The van der Waals surface area contributed by atoms with E-state index >= 15 is 0 Å². The largest absolute Gasteiger partial charge is 0.489 e. The van der Waals surface area contributed by atoms with Gasteiger partial charge in [0.25, 0.3) is 0 Å². The van der Waals surface area contributed by atoms with E-state index in [9.17, 15) is 0 Å². The molecule has 0 saturated carbocycles. The molecule has 2 aromatic carbocycles. The van der Waals surface area contributed by atoms with Crippen LogP contribution in [-0.4, -0.2) is 5.33 Å². The Morgan fingerprint density at radius 3 is 2.61 bits per heavy atom. The third-order valence-electron chi connectivity index (χ3n) is 2.38. The van der Waals surface area contributed by atoms with Gasteiger partial charge in [-0.2, -0.15) is 0 Å². The average molecular weight is 301 g/mol. The van der Waals surface area contributed by atoms with E-state index in [-0.39, 0.29) is 0 Å². The van der Waals surface area contributed by atoms with Crippen LogP contribution in [0.3, 0.4) is 0 Å². The molecule has 18 heavy (non-hydrogen) atoms. The van der Waals surface area contributed by atoms with Gasteiger partial charge in [-0.15, -0.1) is 0 Å². The van der Waals surface area contributed by atoms with Crippen LogP contribution in [-0.2, 0) is 6.61 Å². The monoisotopic (exact) mass is 300 g/mol. The number of ether oxygens (including phenoxy) is 1. The lowest BCUT2D eigenvalue weighted by Crippen LogP contribution is -1.95. The topological polar surface area (TPSA) is 9.23 Å². The molecule has 0 aliphatic carbocycles. The van der Waals surface area contributed by atoms with Gasteiger partial charge in [0.1, 0.15) is 12.4 Å². The standard InChI is InChI=1S/C16H13BrO/c17-11-5-9-14-8-4-10-16(12-14)18-13-15-6-2-1-3-7-15/h1-4,6-8,10,12H,11,13H2. The molecule has 2 aromatic rings. The van der Waals surface area contributed by atoms with Crippen molar-refractivity contribution in [1.29, 1.82) is 0 Å². The van der Waals surface area contributed by atoms with Crippen LogP contribution in [0.15, 0.2) is 54.6 Å². The fraction of sp³-hybridized carbons (Fsp3) is 0.125. The number of rotatable bonds is 3. The van der Waals surface area contributed by atoms with E-state index in [1.54, 1.807) is 0 Å². The number of benzene rings is 2.